The molecule has 0 fully saturated rings. The highest BCUT2D eigenvalue weighted by Gasteiger charge is 2.34. The van der Waals surface area contributed by atoms with E-state index in [2.05, 4.69) is 0 Å². The zero-order chi connectivity index (χ0) is 21.8. The molecule has 0 saturated carbocycles. The van der Waals surface area contributed by atoms with E-state index in [0.29, 0.717) is 22.5 Å². The maximum Gasteiger partial charge on any atom is 0.340 e. The minimum absolute atomic E-state index is 0.0158. The minimum atomic E-state index is -0.720. The molecule has 0 atom stereocenters. The van der Waals surface area contributed by atoms with E-state index >= 15 is 0 Å². The molecule has 2 aromatic carbocycles. The number of nitrogens with zero attached hydrogens (tertiary/aromatic N) is 1. The molecular formula is C23H21NO6. The summed E-state index contributed by atoms with van der Waals surface area (Å²) in [7, 11) is 5.47. The van der Waals surface area contributed by atoms with Crippen LogP contribution < -0.4 is 0 Å². The third-order valence-corrected chi connectivity index (χ3v) is 4.81. The Balaban J connectivity index is 2.49. The van der Waals surface area contributed by atoms with Crippen molar-refractivity contribution in [1.82, 2.24) is 4.57 Å². The average Bonchev–Trinajstić information content (AvgIpc) is 3.10. The quantitative estimate of drug-likeness (QED) is 0.473. The fourth-order valence-electron chi connectivity index (χ4n) is 3.51. The Bertz CT molecular complexity index is 1110. The van der Waals surface area contributed by atoms with Crippen LogP contribution in [0.25, 0.3) is 22.5 Å². The molecule has 0 radical (unpaired) electrons. The van der Waals surface area contributed by atoms with Crippen LogP contribution in [0, 0.1) is 0 Å². The molecule has 30 heavy (non-hydrogen) atoms. The SMILES string of the molecule is COC(=O)c1ccccc1-c1c(C(=O)OC)c(C(=O)OC)c(-c2ccccc2)n1C. The first-order valence-corrected chi connectivity index (χ1v) is 9.08. The Morgan fingerprint density at radius 3 is 1.73 bits per heavy atom. The highest BCUT2D eigenvalue weighted by molar-refractivity contribution is 6.13. The lowest BCUT2D eigenvalue weighted by Crippen LogP contribution is -2.12. The van der Waals surface area contributed by atoms with Gasteiger partial charge in [-0.1, -0.05) is 48.5 Å². The molecule has 3 aromatic rings. The molecule has 0 saturated heterocycles. The van der Waals surface area contributed by atoms with Crippen LogP contribution in [0.5, 0.6) is 0 Å². The Morgan fingerprint density at radius 2 is 1.17 bits per heavy atom. The first-order chi connectivity index (χ1) is 14.5. The number of carbonyl (C=O) groups is 3. The van der Waals surface area contributed by atoms with Crippen molar-refractivity contribution in [3.05, 3.63) is 71.3 Å². The Labute approximate surface area is 173 Å². The van der Waals surface area contributed by atoms with E-state index in [4.69, 9.17) is 14.2 Å². The average molecular weight is 407 g/mol. The normalized spacial score (nSPS) is 10.4. The second kappa shape index (κ2) is 8.65. The van der Waals surface area contributed by atoms with Gasteiger partial charge in [0.25, 0.3) is 0 Å². The van der Waals surface area contributed by atoms with Crippen LogP contribution in [0.15, 0.2) is 54.6 Å². The predicted molar refractivity (Wildman–Crippen MR) is 110 cm³/mol. The third kappa shape index (κ3) is 3.45. The molecule has 0 unspecified atom stereocenters. The summed E-state index contributed by atoms with van der Waals surface area (Å²) in [4.78, 5) is 38.0. The molecule has 1 heterocycles. The van der Waals surface area contributed by atoms with Crippen molar-refractivity contribution in [3.8, 4) is 22.5 Å². The number of esters is 3. The standard InChI is InChI=1S/C23H21NO6/c1-24-19(14-10-6-5-7-11-14)17(22(26)29-3)18(23(27)30-4)20(24)15-12-8-9-13-16(15)21(25)28-2/h5-13H,1-4H3. The minimum Gasteiger partial charge on any atom is -0.465 e. The number of methoxy groups -OCH3 is 3. The maximum atomic E-state index is 12.8. The van der Waals surface area contributed by atoms with Crippen LogP contribution >= 0.6 is 0 Å². The van der Waals surface area contributed by atoms with Gasteiger partial charge in [0.15, 0.2) is 0 Å². The summed E-state index contributed by atoms with van der Waals surface area (Å²) in [5, 5.41) is 0. The van der Waals surface area contributed by atoms with Crippen LogP contribution in [0.2, 0.25) is 0 Å². The van der Waals surface area contributed by atoms with Gasteiger partial charge in [0.2, 0.25) is 0 Å². The van der Waals surface area contributed by atoms with Gasteiger partial charge in [-0.3, -0.25) is 0 Å². The summed E-state index contributed by atoms with van der Waals surface area (Å²) >= 11 is 0. The second-order valence-corrected chi connectivity index (χ2v) is 6.39. The van der Waals surface area contributed by atoms with Crippen LogP contribution in [-0.2, 0) is 21.3 Å². The smallest absolute Gasteiger partial charge is 0.340 e. The molecule has 0 aliphatic carbocycles. The van der Waals surface area contributed by atoms with Gasteiger partial charge in [-0.25, -0.2) is 14.4 Å². The second-order valence-electron chi connectivity index (χ2n) is 6.39. The number of rotatable bonds is 5. The van der Waals surface area contributed by atoms with Crippen LogP contribution in [-0.4, -0.2) is 43.8 Å². The van der Waals surface area contributed by atoms with Gasteiger partial charge >= 0.3 is 17.9 Å². The number of carbonyl (C=O) groups excluding carboxylic acids is 3. The van der Waals surface area contributed by atoms with Crippen molar-refractivity contribution in [3.63, 3.8) is 0 Å². The van der Waals surface area contributed by atoms with E-state index < -0.39 is 17.9 Å². The largest absolute Gasteiger partial charge is 0.465 e. The highest BCUT2D eigenvalue weighted by atomic mass is 16.5. The van der Waals surface area contributed by atoms with E-state index in [9.17, 15) is 14.4 Å². The van der Waals surface area contributed by atoms with Crippen molar-refractivity contribution in [1.29, 1.82) is 0 Å². The molecule has 1 aromatic heterocycles. The molecule has 3 rings (SSSR count). The molecule has 0 aliphatic heterocycles. The van der Waals surface area contributed by atoms with Gasteiger partial charge in [0, 0.05) is 12.6 Å². The summed E-state index contributed by atoms with van der Waals surface area (Å²) in [6, 6.07) is 15.8. The van der Waals surface area contributed by atoms with Gasteiger partial charge in [0.1, 0.15) is 11.1 Å². The summed E-state index contributed by atoms with van der Waals surface area (Å²) in [6.07, 6.45) is 0. The van der Waals surface area contributed by atoms with E-state index in [1.165, 1.54) is 21.3 Å². The summed E-state index contributed by atoms with van der Waals surface area (Å²) < 4.78 is 16.6. The third-order valence-electron chi connectivity index (χ3n) is 4.81. The Kier molecular flexibility index (Phi) is 6.01. The Hall–Kier alpha value is -3.87. The van der Waals surface area contributed by atoms with Crippen molar-refractivity contribution >= 4 is 17.9 Å². The van der Waals surface area contributed by atoms with Gasteiger partial charge in [-0.15, -0.1) is 0 Å². The van der Waals surface area contributed by atoms with Crippen molar-refractivity contribution in [2.75, 3.05) is 21.3 Å². The Morgan fingerprint density at radius 1 is 0.667 bits per heavy atom. The maximum absolute atomic E-state index is 12.8. The number of hydrogen-bond acceptors (Lipinski definition) is 6. The lowest BCUT2D eigenvalue weighted by atomic mass is 9.98. The van der Waals surface area contributed by atoms with Crippen LogP contribution in [0.1, 0.15) is 31.1 Å². The number of ether oxygens (including phenoxy) is 3. The fraction of sp³-hybridized carbons (Fsp3) is 0.174. The molecule has 7 nitrogen and oxygen atoms in total. The molecular weight excluding hydrogens is 386 g/mol. The molecule has 0 aliphatic rings. The number of hydrogen-bond donors (Lipinski definition) is 0. The first kappa shape index (κ1) is 20.9. The van der Waals surface area contributed by atoms with Gasteiger partial charge in [0.05, 0.1) is 38.3 Å². The van der Waals surface area contributed by atoms with E-state index in [-0.39, 0.29) is 16.7 Å². The monoisotopic (exact) mass is 407 g/mol. The summed E-state index contributed by atoms with van der Waals surface area (Å²) in [6.45, 7) is 0. The lowest BCUT2D eigenvalue weighted by molar-refractivity contribution is 0.0557. The van der Waals surface area contributed by atoms with E-state index in [1.54, 1.807) is 35.9 Å². The molecule has 0 spiro atoms. The zero-order valence-corrected chi connectivity index (χ0v) is 17.1. The lowest BCUT2D eigenvalue weighted by Gasteiger charge is -2.12. The van der Waals surface area contributed by atoms with Crippen molar-refractivity contribution in [2.45, 2.75) is 0 Å². The summed E-state index contributed by atoms with van der Waals surface area (Å²) in [5.74, 6) is -1.97. The molecule has 0 bridgehead atoms. The van der Waals surface area contributed by atoms with Gasteiger partial charge in [-0.2, -0.15) is 0 Å². The van der Waals surface area contributed by atoms with E-state index in [0.717, 1.165) is 0 Å². The van der Waals surface area contributed by atoms with Crippen molar-refractivity contribution in [2.24, 2.45) is 7.05 Å². The number of benzene rings is 2. The molecule has 0 N–H and O–H groups in total. The van der Waals surface area contributed by atoms with Gasteiger partial charge < -0.3 is 18.8 Å². The summed E-state index contributed by atoms with van der Waals surface area (Å²) in [5.41, 5.74) is 2.28. The number of aromatic nitrogens is 1. The topological polar surface area (TPSA) is 83.8 Å². The first-order valence-electron chi connectivity index (χ1n) is 9.08. The van der Waals surface area contributed by atoms with Crippen LogP contribution in [0.4, 0.5) is 0 Å². The van der Waals surface area contributed by atoms with Crippen molar-refractivity contribution < 1.29 is 28.6 Å². The van der Waals surface area contributed by atoms with Gasteiger partial charge in [-0.05, 0) is 11.6 Å². The predicted octanol–water partition coefficient (Wildman–Crippen LogP) is 3.72. The highest BCUT2D eigenvalue weighted by Crippen LogP contribution is 2.39. The van der Waals surface area contributed by atoms with Crippen LogP contribution in [0.3, 0.4) is 0 Å². The molecule has 154 valence electrons. The molecule has 0 amide bonds. The molecule has 7 heteroatoms. The zero-order valence-electron chi connectivity index (χ0n) is 17.1. The fourth-order valence-corrected chi connectivity index (χ4v) is 3.51. The van der Waals surface area contributed by atoms with E-state index in [1.807, 2.05) is 30.3 Å².